The summed E-state index contributed by atoms with van der Waals surface area (Å²) in [4.78, 5) is 0. The van der Waals surface area contributed by atoms with Gasteiger partial charge in [0.15, 0.2) is 0 Å². The van der Waals surface area contributed by atoms with Crippen LogP contribution in [0, 0.1) is 11.8 Å². The maximum absolute atomic E-state index is 12.9. The normalized spacial score (nSPS) is 32.0. The smallest absolute Gasteiger partial charge is 0.206 e. The second kappa shape index (κ2) is 5.71. The Morgan fingerprint density at radius 1 is 1.30 bits per heavy atom. The first-order valence-corrected chi connectivity index (χ1v) is 10.4. The Bertz CT molecular complexity index is 584. The first-order chi connectivity index (χ1) is 9.51. The lowest BCUT2D eigenvalue weighted by Crippen LogP contribution is -2.52. The van der Waals surface area contributed by atoms with Crippen molar-refractivity contribution < 1.29 is 8.42 Å². The fraction of sp³-hybridized carbons (Fsp3) is 0.714. The summed E-state index contributed by atoms with van der Waals surface area (Å²) in [5.41, 5.74) is 0. The molecule has 1 aliphatic carbocycles. The number of piperidine rings is 1. The molecule has 112 valence electrons. The Labute approximate surface area is 133 Å². The van der Waals surface area contributed by atoms with E-state index in [0.29, 0.717) is 27.1 Å². The zero-order valence-corrected chi connectivity index (χ0v) is 14.8. The molecule has 6 heteroatoms. The van der Waals surface area contributed by atoms with E-state index in [1.807, 2.05) is 11.4 Å². The number of fused-ring (bicyclic) bond motifs is 1. The van der Waals surface area contributed by atoms with E-state index in [0.717, 1.165) is 19.3 Å². The van der Waals surface area contributed by atoms with E-state index in [9.17, 15) is 8.42 Å². The molecule has 1 aromatic rings. The zero-order valence-electron chi connectivity index (χ0n) is 11.6. The number of hydrogen-bond donors (Lipinski definition) is 0. The number of thiophene rings is 1. The van der Waals surface area contributed by atoms with Crippen LogP contribution < -0.4 is 0 Å². The van der Waals surface area contributed by atoms with Gasteiger partial charge in [0.05, 0.1) is 0 Å². The Morgan fingerprint density at radius 2 is 2.05 bits per heavy atom. The minimum atomic E-state index is -3.34. The molecule has 2 fully saturated rings. The topological polar surface area (TPSA) is 37.4 Å². The minimum Gasteiger partial charge on any atom is -0.206 e. The summed E-state index contributed by atoms with van der Waals surface area (Å²) in [6.45, 7) is 2.96. The summed E-state index contributed by atoms with van der Waals surface area (Å²) >= 11 is 4.69. The van der Waals surface area contributed by atoms with Crippen molar-refractivity contribution in [2.75, 3.05) is 6.54 Å². The van der Waals surface area contributed by atoms with E-state index in [2.05, 4.69) is 22.9 Å². The number of hydrogen-bond acceptors (Lipinski definition) is 3. The van der Waals surface area contributed by atoms with E-state index in [-0.39, 0.29) is 6.04 Å². The third-order valence-corrected chi connectivity index (χ3v) is 9.39. The molecule has 3 nitrogen and oxygen atoms in total. The van der Waals surface area contributed by atoms with Crippen LogP contribution in [0.1, 0.15) is 39.0 Å². The molecule has 0 aromatic carbocycles. The SMILES string of the molecule is CC1CCN(S(=O)(=O)c2sccc2Br)C2CCCCC12. The first-order valence-electron chi connectivity index (χ1n) is 7.26. The highest BCUT2D eigenvalue weighted by Crippen LogP contribution is 2.42. The lowest BCUT2D eigenvalue weighted by Gasteiger charge is -2.46. The van der Waals surface area contributed by atoms with Crippen LogP contribution in [0.5, 0.6) is 0 Å². The summed E-state index contributed by atoms with van der Waals surface area (Å²) < 4.78 is 28.8. The van der Waals surface area contributed by atoms with Crippen LogP contribution in [0.3, 0.4) is 0 Å². The van der Waals surface area contributed by atoms with Crippen LogP contribution >= 0.6 is 27.3 Å². The van der Waals surface area contributed by atoms with Gasteiger partial charge >= 0.3 is 0 Å². The standard InChI is InChI=1S/C14H20BrNO2S2/c1-10-6-8-16(13-5-3-2-4-11(10)13)20(17,18)14-12(15)7-9-19-14/h7,9-11,13H,2-6,8H2,1H3. The molecule has 1 saturated carbocycles. The van der Waals surface area contributed by atoms with Crippen LogP contribution in [0.2, 0.25) is 0 Å². The van der Waals surface area contributed by atoms with Crippen LogP contribution in [-0.4, -0.2) is 25.3 Å². The molecule has 1 saturated heterocycles. The second-order valence-corrected chi connectivity index (χ2v) is 9.81. The Hall–Kier alpha value is 0.0900. The predicted molar refractivity (Wildman–Crippen MR) is 85.4 cm³/mol. The van der Waals surface area contributed by atoms with E-state index in [1.54, 1.807) is 4.31 Å². The Balaban J connectivity index is 1.95. The minimum absolute atomic E-state index is 0.214. The number of halogens is 1. The zero-order chi connectivity index (χ0) is 14.3. The van der Waals surface area contributed by atoms with E-state index in [4.69, 9.17) is 0 Å². The summed E-state index contributed by atoms with van der Waals surface area (Å²) in [7, 11) is -3.34. The van der Waals surface area contributed by atoms with Gasteiger partial charge in [0.2, 0.25) is 0 Å². The number of rotatable bonds is 2. The van der Waals surface area contributed by atoms with E-state index < -0.39 is 10.0 Å². The fourth-order valence-electron chi connectivity index (χ4n) is 3.74. The Morgan fingerprint density at radius 3 is 2.75 bits per heavy atom. The van der Waals surface area contributed by atoms with Crippen molar-refractivity contribution in [3.05, 3.63) is 15.9 Å². The van der Waals surface area contributed by atoms with E-state index >= 15 is 0 Å². The van der Waals surface area contributed by atoms with E-state index in [1.165, 1.54) is 24.2 Å². The van der Waals surface area contributed by atoms with Crippen LogP contribution in [-0.2, 0) is 10.0 Å². The molecule has 0 bridgehead atoms. The maximum Gasteiger partial charge on any atom is 0.253 e. The molecule has 3 atom stereocenters. The van der Waals surface area contributed by atoms with Gasteiger partial charge < -0.3 is 0 Å². The van der Waals surface area contributed by atoms with Crippen molar-refractivity contribution in [2.45, 2.75) is 49.3 Å². The van der Waals surface area contributed by atoms with Gasteiger partial charge in [-0.25, -0.2) is 8.42 Å². The molecule has 0 radical (unpaired) electrons. The van der Waals surface area contributed by atoms with Crippen molar-refractivity contribution in [3.8, 4) is 0 Å². The summed E-state index contributed by atoms with van der Waals surface area (Å²) in [6, 6.07) is 2.04. The molecule has 1 aromatic heterocycles. The fourth-order valence-corrected chi connectivity index (χ4v) is 7.88. The average molecular weight is 378 g/mol. The third-order valence-electron chi connectivity index (χ3n) is 4.81. The summed E-state index contributed by atoms with van der Waals surface area (Å²) in [6.07, 6.45) is 5.61. The molecule has 20 heavy (non-hydrogen) atoms. The highest BCUT2D eigenvalue weighted by Gasteiger charge is 2.43. The lowest BCUT2D eigenvalue weighted by molar-refractivity contribution is 0.0828. The van der Waals surface area contributed by atoms with Gasteiger partial charge in [-0.2, -0.15) is 4.31 Å². The van der Waals surface area contributed by atoms with Crippen molar-refractivity contribution >= 4 is 37.3 Å². The molecule has 3 rings (SSSR count). The molecule has 0 spiro atoms. The highest BCUT2D eigenvalue weighted by molar-refractivity contribution is 9.10. The van der Waals surface area contributed by atoms with Gasteiger partial charge in [-0.05, 0) is 58.5 Å². The predicted octanol–water partition coefficient (Wildman–Crippen LogP) is 4.10. The number of sulfonamides is 1. The summed E-state index contributed by atoms with van der Waals surface area (Å²) in [5.74, 6) is 1.20. The van der Waals surface area contributed by atoms with Crippen molar-refractivity contribution in [1.82, 2.24) is 4.31 Å². The maximum atomic E-state index is 12.9. The van der Waals surface area contributed by atoms with Crippen molar-refractivity contribution in [3.63, 3.8) is 0 Å². The molecule has 0 amide bonds. The molecule has 1 aliphatic heterocycles. The molecule has 0 N–H and O–H groups in total. The first kappa shape index (κ1) is 15.0. The van der Waals surface area contributed by atoms with Gasteiger partial charge in [-0.15, -0.1) is 11.3 Å². The van der Waals surface area contributed by atoms with Gasteiger partial charge in [0.1, 0.15) is 4.21 Å². The summed E-state index contributed by atoms with van der Waals surface area (Å²) in [5, 5.41) is 1.84. The van der Waals surface area contributed by atoms with Crippen LogP contribution in [0.25, 0.3) is 0 Å². The van der Waals surface area contributed by atoms with Gasteiger partial charge in [-0.1, -0.05) is 19.8 Å². The monoisotopic (exact) mass is 377 g/mol. The lowest BCUT2D eigenvalue weighted by atomic mass is 9.74. The molecule has 3 unspecified atom stereocenters. The van der Waals surface area contributed by atoms with Crippen molar-refractivity contribution in [2.24, 2.45) is 11.8 Å². The highest BCUT2D eigenvalue weighted by atomic mass is 79.9. The Kier molecular flexibility index (Phi) is 4.28. The third kappa shape index (κ3) is 2.49. The largest absolute Gasteiger partial charge is 0.253 e. The van der Waals surface area contributed by atoms with Gasteiger partial charge in [0, 0.05) is 17.1 Å². The quantitative estimate of drug-likeness (QED) is 0.777. The molecule has 2 heterocycles. The number of nitrogens with zero attached hydrogens (tertiary/aromatic N) is 1. The van der Waals surface area contributed by atoms with Gasteiger partial charge in [-0.3, -0.25) is 0 Å². The van der Waals surface area contributed by atoms with Crippen LogP contribution in [0.4, 0.5) is 0 Å². The molecular formula is C14H20BrNO2S2. The molecular weight excluding hydrogens is 358 g/mol. The average Bonchev–Trinajstić information content (AvgIpc) is 2.86. The van der Waals surface area contributed by atoms with Crippen LogP contribution in [0.15, 0.2) is 20.1 Å². The van der Waals surface area contributed by atoms with Crippen molar-refractivity contribution in [1.29, 1.82) is 0 Å². The second-order valence-electron chi connectivity index (χ2n) is 5.95. The molecule has 2 aliphatic rings. The van der Waals surface area contributed by atoms with Gasteiger partial charge in [0.25, 0.3) is 10.0 Å².